The first kappa shape index (κ1) is 13.8. The predicted molar refractivity (Wildman–Crippen MR) is 67.4 cm³/mol. The summed E-state index contributed by atoms with van der Waals surface area (Å²) < 4.78 is 5.07. The number of nitriles is 1. The van der Waals surface area contributed by atoms with Gasteiger partial charge in [-0.05, 0) is 30.5 Å². The number of carbonyl (C=O) groups is 1. The molecule has 1 atom stereocenters. The van der Waals surface area contributed by atoms with Gasteiger partial charge < -0.3 is 10.1 Å². The summed E-state index contributed by atoms with van der Waals surface area (Å²) in [5.74, 6) is 4.59. The van der Waals surface area contributed by atoms with Gasteiger partial charge in [-0.1, -0.05) is 18.1 Å². The Kier molecular flexibility index (Phi) is 5.44. The van der Waals surface area contributed by atoms with Crippen molar-refractivity contribution in [1.29, 1.82) is 5.26 Å². The van der Waals surface area contributed by atoms with Crippen LogP contribution in [0, 0.1) is 23.2 Å². The molecule has 0 aliphatic rings. The fourth-order valence-electron chi connectivity index (χ4n) is 1.52. The second-order valence-corrected chi connectivity index (χ2v) is 3.59. The van der Waals surface area contributed by atoms with Crippen LogP contribution in [0.15, 0.2) is 24.3 Å². The van der Waals surface area contributed by atoms with E-state index in [1.165, 1.54) is 0 Å². The molecule has 4 heteroatoms. The van der Waals surface area contributed by atoms with E-state index in [-0.39, 0.29) is 11.9 Å². The molecule has 0 aliphatic heterocycles. The van der Waals surface area contributed by atoms with E-state index in [4.69, 9.17) is 10.00 Å². The van der Waals surface area contributed by atoms with E-state index >= 15 is 0 Å². The Morgan fingerprint density at radius 3 is 2.94 bits per heavy atom. The first-order valence-corrected chi connectivity index (χ1v) is 5.43. The number of carbonyl (C=O) groups excluding carboxylic acids is 1. The summed E-state index contributed by atoms with van der Waals surface area (Å²) in [6.07, 6.45) is 0. The fraction of sp³-hybridized carbons (Fsp3) is 0.286. The van der Waals surface area contributed by atoms with Crippen LogP contribution in [0.4, 0.5) is 0 Å². The van der Waals surface area contributed by atoms with E-state index in [9.17, 15) is 4.79 Å². The number of hydrogen-bond donors (Lipinski definition) is 1. The molecule has 1 rings (SSSR count). The summed E-state index contributed by atoms with van der Waals surface area (Å²) in [6, 6.07) is 8.80. The van der Waals surface area contributed by atoms with Gasteiger partial charge in [0.25, 0.3) is 5.91 Å². The van der Waals surface area contributed by atoms with Crippen molar-refractivity contribution < 1.29 is 9.53 Å². The van der Waals surface area contributed by atoms with E-state index in [2.05, 4.69) is 23.2 Å². The summed E-state index contributed by atoms with van der Waals surface area (Å²) in [7, 11) is 1.55. The highest BCUT2D eigenvalue weighted by Gasteiger charge is 2.13. The van der Waals surface area contributed by atoms with Gasteiger partial charge in [0.05, 0.1) is 24.3 Å². The largest absolute Gasteiger partial charge is 0.382 e. The Balaban J connectivity index is 2.92. The molecule has 4 nitrogen and oxygen atoms in total. The van der Waals surface area contributed by atoms with Gasteiger partial charge in [-0.15, -0.1) is 0 Å². The normalized spacial score (nSPS) is 10.7. The number of nitrogens with one attached hydrogen (secondary N) is 1. The summed E-state index contributed by atoms with van der Waals surface area (Å²) >= 11 is 0. The smallest absolute Gasteiger partial charge is 0.296 e. The molecule has 1 amide bonds. The van der Waals surface area contributed by atoms with Gasteiger partial charge in [-0.3, -0.25) is 4.79 Å². The lowest BCUT2D eigenvalue weighted by Gasteiger charge is -2.17. The third kappa shape index (κ3) is 3.93. The molecule has 0 heterocycles. The molecule has 18 heavy (non-hydrogen) atoms. The van der Waals surface area contributed by atoms with Gasteiger partial charge in [0.15, 0.2) is 0 Å². The first-order chi connectivity index (χ1) is 8.71. The SMILES string of the molecule is CC#CC(=O)NC(COC)c1cccc(C#N)c1. The molecule has 1 aromatic rings. The van der Waals surface area contributed by atoms with Crippen molar-refractivity contribution >= 4 is 5.91 Å². The van der Waals surface area contributed by atoms with Crippen LogP contribution < -0.4 is 5.32 Å². The van der Waals surface area contributed by atoms with E-state index in [0.717, 1.165) is 5.56 Å². The second-order valence-electron chi connectivity index (χ2n) is 3.59. The Morgan fingerprint density at radius 1 is 1.56 bits per heavy atom. The Labute approximate surface area is 107 Å². The molecule has 0 saturated carbocycles. The molecule has 0 spiro atoms. The number of benzene rings is 1. The Hall–Kier alpha value is -2.30. The average Bonchev–Trinajstić information content (AvgIpc) is 2.38. The molecular weight excluding hydrogens is 228 g/mol. The molecule has 0 bridgehead atoms. The standard InChI is InChI=1S/C14H14N2O2/c1-3-5-14(17)16-13(10-18-2)12-7-4-6-11(8-12)9-15/h4,6-8,13H,10H2,1-2H3,(H,16,17). The van der Waals surface area contributed by atoms with E-state index < -0.39 is 0 Å². The highest BCUT2D eigenvalue weighted by Crippen LogP contribution is 2.14. The van der Waals surface area contributed by atoms with Gasteiger partial charge in [-0.25, -0.2) is 0 Å². The summed E-state index contributed by atoms with van der Waals surface area (Å²) in [6.45, 7) is 1.92. The van der Waals surface area contributed by atoms with E-state index in [1.807, 2.05) is 6.07 Å². The molecule has 0 fully saturated rings. The predicted octanol–water partition coefficient (Wildman–Crippen LogP) is 1.39. The minimum atomic E-state index is -0.359. The van der Waals surface area contributed by atoms with Gasteiger partial charge in [0.1, 0.15) is 0 Å². The zero-order valence-corrected chi connectivity index (χ0v) is 10.4. The third-order valence-corrected chi connectivity index (χ3v) is 2.30. The molecule has 0 aromatic heterocycles. The van der Waals surface area contributed by atoms with Crippen molar-refractivity contribution in [1.82, 2.24) is 5.32 Å². The molecule has 1 unspecified atom stereocenters. The maximum Gasteiger partial charge on any atom is 0.296 e. The quantitative estimate of drug-likeness (QED) is 0.811. The van der Waals surface area contributed by atoms with Crippen molar-refractivity contribution in [3.05, 3.63) is 35.4 Å². The maximum atomic E-state index is 11.5. The molecule has 0 saturated heterocycles. The lowest BCUT2D eigenvalue weighted by molar-refractivity contribution is -0.116. The van der Waals surface area contributed by atoms with E-state index in [0.29, 0.717) is 12.2 Å². The lowest BCUT2D eigenvalue weighted by atomic mass is 10.0. The average molecular weight is 242 g/mol. The van der Waals surface area contributed by atoms with Crippen LogP contribution in [0.5, 0.6) is 0 Å². The minimum absolute atomic E-state index is 0.309. The van der Waals surface area contributed by atoms with Crippen LogP contribution >= 0.6 is 0 Å². The van der Waals surface area contributed by atoms with Crippen LogP contribution in [-0.4, -0.2) is 19.6 Å². The topological polar surface area (TPSA) is 62.1 Å². The minimum Gasteiger partial charge on any atom is -0.382 e. The Bertz CT molecular complexity index is 521. The molecular formula is C14H14N2O2. The van der Waals surface area contributed by atoms with E-state index in [1.54, 1.807) is 32.2 Å². The van der Waals surface area contributed by atoms with Gasteiger partial charge in [0.2, 0.25) is 0 Å². The summed E-state index contributed by atoms with van der Waals surface area (Å²) in [4.78, 5) is 11.5. The van der Waals surface area contributed by atoms with Gasteiger partial charge in [0, 0.05) is 7.11 Å². The summed E-state index contributed by atoms with van der Waals surface area (Å²) in [5.41, 5.74) is 1.37. The molecule has 1 aromatic carbocycles. The van der Waals surface area contributed by atoms with Crippen LogP contribution in [-0.2, 0) is 9.53 Å². The summed E-state index contributed by atoms with van der Waals surface area (Å²) in [5, 5.41) is 11.6. The zero-order chi connectivity index (χ0) is 13.4. The maximum absolute atomic E-state index is 11.5. The van der Waals surface area contributed by atoms with Crippen molar-refractivity contribution in [2.24, 2.45) is 0 Å². The first-order valence-electron chi connectivity index (χ1n) is 5.43. The lowest BCUT2D eigenvalue weighted by Crippen LogP contribution is -2.30. The Morgan fingerprint density at radius 2 is 2.33 bits per heavy atom. The van der Waals surface area contributed by atoms with Crippen LogP contribution in [0.2, 0.25) is 0 Å². The third-order valence-electron chi connectivity index (χ3n) is 2.30. The molecule has 92 valence electrons. The number of ether oxygens (including phenoxy) is 1. The monoisotopic (exact) mass is 242 g/mol. The van der Waals surface area contributed by atoms with Crippen molar-refractivity contribution in [2.75, 3.05) is 13.7 Å². The molecule has 0 aliphatic carbocycles. The van der Waals surface area contributed by atoms with Crippen LogP contribution in [0.3, 0.4) is 0 Å². The fourth-order valence-corrected chi connectivity index (χ4v) is 1.52. The number of nitrogens with zero attached hydrogens (tertiary/aromatic N) is 1. The number of hydrogen-bond acceptors (Lipinski definition) is 3. The van der Waals surface area contributed by atoms with Gasteiger partial charge >= 0.3 is 0 Å². The van der Waals surface area contributed by atoms with Crippen molar-refractivity contribution in [2.45, 2.75) is 13.0 Å². The molecule has 0 radical (unpaired) electrons. The highest BCUT2D eigenvalue weighted by atomic mass is 16.5. The van der Waals surface area contributed by atoms with Crippen molar-refractivity contribution in [3.8, 4) is 17.9 Å². The highest BCUT2D eigenvalue weighted by molar-refractivity contribution is 5.93. The van der Waals surface area contributed by atoms with Crippen LogP contribution in [0.1, 0.15) is 24.1 Å². The second kappa shape index (κ2) is 7.11. The number of rotatable bonds is 4. The van der Waals surface area contributed by atoms with Crippen molar-refractivity contribution in [3.63, 3.8) is 0 Å². The number of amides is 1. The van der Waals surface area contributed by atoms with Gasteiger partial charge in [-0.2, -0.15) is 5.26 Å². The van der Waals surface area contributed by atoms with Crippen LogP contribution in [0.25, 0.3) is 0 Å². The molecule has 1 N–H and O–H groups in total. The zero-order valence-electron chi connectivity index (χ0n) is 10.4. The number of methoxy groups -OCH3 is 1.